The number of hydrogen-bond donors (Lipinski definition) is 0. The molecule has 4 heteroatoms. The number of hydrogen-bond acceptors (Lipinski definition) is 4. The molecule has 0 amide bonds. The third-order valence-electron chi connectivity index (χ3n) is 1.36. The van der Waals surface area contributed by atoms with Gasteiger partial charge in [0.15, 0.2) is 5.92 Å². The van der Waals surface area contributed by atoms with Gasteiger partial charge in [0, 0.05) is 0 Å². The second-order valence-corrected chi connectivity index (χ2v) is 2.35. The molecule has 0 N–H and O–H groups in total. The van der Waals surface area contributed by atoms with Crippen molar-refractivity contribution in [3.05, 3.63) is 23.5 Å². The van der Waals surface area contributed by atoms with Crippen LogP contribution in [0.2, 0.25) is 0 Å². The Bertz CT molecular complexity index is 344. The lowest BCUT2D eigenvalue weighted by Gasteiger charge is -1.97. The van der Waals surface area contributed by atoms with E-state index in [1.807, 2.05) is 19.1 Å². The zero-order valence-corrected chi connectivity index (χ0v) is 6.52. The largest absolute Gasteiger partial charge is 0.196 e. The monoisotopic (exact) mass is 158 g/mol. The van der Waals surface area contributed by atoms with Crippen LogP contribution in [0.25, 0.3) is 0 Å². The zero-order chi connectivity index (χ0) is 8.97. The lowest BCUT2D eigenvalue weighted by atomic mass is 10.1. The fraction of sp³-hybridized carbons (Fsp3) is 0.250. The minimum absolute atomic E-state index is 0.417. The molecule has 0 aliphatic carbocycles. The van der Waals surface area contributed by atoms with Crippen LogP contribution in [0.1, 0.15) is 17.2 Å². The van der Waals surface area contributed by atoms with E-state index in [9.17, 15) is 0 Å². The van der Waals surface area contributed by atoms with E-state index < -0.39 is 5.92 Å². The van der Waals surface area contributed by atoms with Crippen molar-refractivity contribution in [2.24, 2.45) is 0 Å². The van der Waals surface area contributed by atoms with Crippen LogP contribution in [0.4, 0.5) is 0 Å². The molecule has 1 rings (SSSR count). The summed E-state index contributed by atoms with van der Waals surface area (Å²) in [5, 5.41) is 24.4. The highest BCUT2D eigenvalue weighted by molar-refractivity contribution is 5.25. The summed E-state index contributed by atoms with van der Waals surface area (Å²) >= 11 is 0. The summed E-state index contributed by atoms with van der Waals surface area (Å²) in [5.41, 5.74) is 1.32. The average Bonchev–Trinajstić information content (AvgIpc) is 2.07. The second-order valence-electron chi connectivity index (χ2n) is 2.35. The Morgan fingerprint density at radius 2 is 2.08 bits per heavy atom. The minimum atomic E-state index is -0.808. The molecule has 0 saturated carbocycles. The average molecular weight is 158 g/mol. The van der Waals surface area contributed by atoms with E-state index in [0.29, 0.717) is 5.69 Å². The fourth-order valence-corrected chi connectivity index (χ4v) is 0.788. The molecule has 0 saturated heterocycles. The van der Waals surface area contributed by atoms with Gasteiger partial charge in [0.05, 0.1) is 24.0 Å². The van der Waals surface area contributed by atoms with Gasteiger partial charge >= 0.3 is 0 Å². The molecular weight excluding hydrogens is 152 g/mol. The van der Waals surface area contributed by atoms with Crippen LogP contribution in [0.5, 0.6) is 0 Å². The van der Waals surface area contributed by atoms with E-state index in [0.717, 1.165) is 5.56 Å². The molecule has 58 valence electrons. The molecular formula is C8H6N4. The maximum atomic E-state index is 8.53. The molecule has 0 aromatic carbocycles. The van der Waals surface area contributed by atoms with Crippen molar-refractivity contribution in [2.45, 2.75) is 12.8 Å². The van der Waals surface area contributed by atoms with Crippen molar-refractivity contribution in [1.82, 2.24) is 10.2 Å². The Balaban J connectivity index is 3.06. The molecule has 0 atom stereocenters. The second kappa shape index (κ2) is 3.45. The van der Waals surface area contributed by atoms with E-state index in [1.54, 1.807) is 12.3 Å². The Labute approximate surface area is 70.1 Å². The summed E-state index contributed by atoms with van der Waals surface area (Å²) in [5.74, 6) is -0.808. The Kier molecular flexibility index (Phi) is 2.35. The predicted octanol–water partition coefficient (Wildman–Crippen LogP) is 0.916. The highest BCUT2D eigenvalue weighted by Crippen LogP contribution is 2.10. The third kappa shape index (κ3) is 1.56. The highest BCUT2D eigenvalue weighted by atomic mass is 15.1. The van der Waals surface area contributed by atoms with Crippen LogP contribution in [0, 0.1) is 29.6 Å². The maximum absolute atomic E-state index is 8.53. The summed E-state index contributed by atoms with van der Waals surface area (Å²) in [6.07, 6.45) is 1.58. The highest BCUT2D eigenvalue weighted by Gasteiger charge is 2.10. The summed E-state index contributed by atoms with van der Waals surface area (Å²) < 4.78 is 0. The Morgan fingerprint density at radius 3 is 2.58 bits per heavy atom. The molecule has 1 aromatic rings. The molecule has 4 nitrogen and oxygen atoms in total. The topological polar surface area (TPSA) is 73.4 Å². The van der Waals surface area contributed by atoms with Crippen LogP contribution >= 0.6 is 0 Å². The molecule has 0 aliphatic heterocycles. The van der Waals surface area contributed by atoms with Gasteiger partial charge in [-0.15, -0.1) is 0 Å². The molecule has 1 heterocycles. The first-order valence-electron chi connectivity index (χ1n) is 3.36. The molecule has 0 bridgehead atoms. The van der Waals surface area contributed by atoms with Crippen LogP contribution in [-0.2, 0) is 0 Å². The van der Waals surface area contributed by atoms with Gasteiger partial charge in [0.2, 0.25) is 0 Å². The Morgan fingerprint density at radius 1 is 1.42 bits per heavy atom. The summed E-state index contributed by atoms with van der Waals surface area (Å²) in [7, 11) is 0. The minimum Gasteiger partial charge on any atom is -0.196 e. The van der Waals surface area contributed by atoms with Gasteiger partial charge in [-0.25, -0.2) is 0 Å². The molecule has 0 radical (unpaired) electrons. The first-order valence-corrected chi connectivity index (χ1v) is 3.36. The van der Waals surface area contributed by atoms with Crippen LogP contribution in [0.3, 0.4) is 0 Å². The standard InChI is InChI=1S/C8H6N4/c1-6-2-8(12-11-5-6)7(3-9)4-10/h2,5,7H,1H3. The fourth-order valence-electron chi connectivity index (χ4n) is 0.788. The van der Waals surface area contributed by atoms with Crippen molar-refractivity contribution in [2.75, 3.05) is 0 Å². The summed E-state index contributed by atoms with van der Waals surface area (Å²) in [6, 6.07) is 5.35. The number of aromatic nitrogens is 2. The number of nitrogens with zero attached hydrogens (tertiary/aromatic N) is 4. The van der Waals surface area contributed by atoms with Gasteiger partial charge in [0.25, 0.3) is 0 Å². The van der Waals surface area contributed by atoms with Gasteiger partial charge in [-0.2, -0.15) is 20.7 Å². The van der Waals surface area contributed by atoms with Crippen molar-refractivity contribution in [3.63, 3.8) is 0 Å². The van der Waals surface area contributed by atoms with E-state index in [4.69, 9.17) is 10.5 Å². The van der Waals surface area contributed by atoms with Crippen LogP contribution < -0.4 is 0 Å². The van der Waals surface area contributed by atoms with E-state index in [2.05, 4.69) is 10.2 Å². The lowest BCUT2D eigenvalue weighted by Crippen LogP contribution is -1.98. The zero-order valence-electron chi connectivity index (χ0n) is 6.52. The Hall–Kier alpha value is -1.94. The lowest BCUT2D eigenvalue weighted by molar-refractivity contribution is 0.900. The SMILES string of the molecule is Cc1cnnc(C(C#N)C#N)c1. The van der Waals surface area contributed by atoms with Gasteiger partial charge in [-0.1, -0.05) is 0 Å². The van der Waals surface area contributed by atoms with Crippen molar-refractivity contribution >= 4 is 0 Å². The molecule has 0 fully saturated rings. The van der Waals surface area contributed by atoms with Crippen molar-refractivity contribution < 1.29 is 0 Å². The van der Waals surface area contributed by atoms with Gasteiger partial charge in [0.1, 0.15) is 0 Å². The van der Waals surface area contributed by atoms with Gasteiger partial charge < -0.3 is 0 Å². The normalized spacial score (nSPS) is 9.00. The summed E-state index contributed by atoms with van der Waals surface area (Å²) in [4.78, 5) is 0. The molecule has 0 aliphatic rings. The van der Waals surface area contributed by atoms with Crippen LogP contribution in [0.15, 0.2) is 12.3 Å². The number of aryl methyl sites for hydroxylation is 1. The van der Waals surface area contributed by atoms with Crippen molar-refractivity contribution in [3.8, 4) is 12.1 Å². The van der Waals surface area contributed by atoms with Crippen LogP contribution in [-0.4, -0.2) is 10.2 Å². The van der Waals surface area contributed by atoms with Crippen molar-refractivity contribution in [1.29, 1.82) is 10.5 Å². The number of nitriles is 2. The van der Waals surface area contributed by atoms with E-state index >= 15 is 0 Å². The number of rotatable bonds is 1. The first kappa shape index (κ1) is 8.16. The quantitative estimate of drug-likeness (QED) is 0.609. The summed E-state index contributed by atoms with van der Waals surface area (Å²) in [6.45, 7) is 1.84. The van der Waals surface area contributed by atoms with Gasteiger partial charge in [-0.3, -0.25) is 0 Å². The molecule has 1 aromatic heterocycles. The molecule has 0 unspecified atom stereocenters. The third-order valence-corrected chi connectivity index (χ3v) is 1.36. The first-order chi connectivity index (χ1) is 5.77. The van der Waals surface area contributed by atoms with E-state index in [1.165, 1.54) is 0 Å². The van der Waals surface area contributed by atoms with Gasteiger partial charge in [-0.05, 0) is 18.6 Å². The smallest absolute Gasteiger partial charge is 0.176 e. The molecule has 12 heavy (non-hydrogen) atoms. The van der Waals surface area contributed by atoms with E-state index in [-0.39, 0.29) is 0 Å². The maximum Gasteiger partial charge on any atom is 0.176 e. The predicted molar refractivity (Wildman–Crippen MR) is 40.7 cm³/mol. The molecule has 0 spiro atoms.